The Morgan fingerprint density at radius 1 is 1.17 bits per heavy atom. The van der Waals surface area contributed by atoms with Crippen molar-refractivity contribution in [1.82, 2.24) is 5.32 Å². The van der Waals surface area contributed by atoms with Gasteiger partial charge in [0, 0.05) is 13.0 Å². The molecular weight excluding hydrogens is 312 g/mol. The minimum Gasteiger partial charge on any atom is -0.482 e. The highest BCUT2D eigenvalue weighted by molar-refractivity contribution is 6.02. The van der Waals surface area contributed by atoms with Crippen molar-refractivity contribution in [2.75, 3.05) is 24.6 Å². The Morgan fingerprint density at radius 3 is 2.71 bits per heavy atom. The molecule has 0 spiro atoms. The second kappa shape index (κ2) is 8.90. The van der Waals surface area contributed by atoms with Gasteiger partial charge in [-0.05, 0) is 25.0 Å². The monoisotopic (exact) mass is 334 g/mol. The molecule has 1 aliphatic heterocycles. The maximum atomic E-state index is 12.0. The molecule has 24 heavy (non-hydrogen) atoms. The topological polar surface area (TPSA) is 95.9 Å². The van der Waals surface area contributed by atoms with Crippen LogP contribution in [0, 0.1) is 0 Å². The molecule has 0 unspecified atom stereocenters. The van der Waals surface area contributed by atoms with Crippen molar-refractivity contribution < 1.29 is 24.2 Å². The summed E-state index contributed by atoms with van der Waals surface area (Å²) in [7, 11) is 0. The lowest BCUT2D eigenvalue weighted by molar-refractivity contribution is -0.137. The van der Waals surface area contributed by atoms with Crippen molar-refractivity contribution in [3.63, 3.8) is 0 Å². The first-order valence-corrected chi connectivity index (χ1v) is 8.08. The van der Waals surface area contributed by atoms with E-state index in [1.807, 2.05) is 6.07 Å². The molecule has 0 bridgehead atoms. The molecule has 0 aliphatic carbocycles. The van der Waals surface area contributed by atoms with Gasteiger partial charge in [-0.3, -0.25) is 19.3 Å². The van der Waals surface area contributed by atoms with E-state index in [9.17, 15) is 14.4 Å². The van der Waals surface area contributed by atoms with Crippen LogP contribution >= 0.6 is 0 Å². The fourth-order valence-electron chi connectivity index (χ4n) is 2.51. The number of unbranched alkanes of at least 4 members (excludes halogenated alkanes) is 3. The van der Waals surface area contributed by atoms with Gasteiger partial charge in [-0.15, -0.1) is 0 Å². The van der Waals surface area contributed by atoms with Crippen LogP contribution in [0.3, 0.4) is 0 Å². The standard InChI is InChI=1S/C17H22N2O5/c20-15(18-10-6-2-1-3-9-17(22)23)11-19-13-7-4-5-8-14(13)24-12-16(19)21/h4-5,7-8H,1-3,6,9-12H2,(H,18,20)(H,22,23). The molecule has 0 radical (unpaired) electrons. The van der Waals surface area contributed by atoms with Crippen LogP contribution in [0.4, 0.5) is 5.69 Å². The van der Waals surface area contributed by atoms with Gasteiger partial charge in [0.25, 0.3) is 5.91 Å². The van der Waals surface area contributed by atoms with Crippen molar-refractivity contribution in [2.45, 2.75) is 32.1 Å². The Hall–Kier alpha value is -2.57. The number of carbonyl (C=O) groups is 3. The Kier molecular flexibility index (Phi) is 6.60. The SMILES string of the molecule is O=C(O)CCCCCCNC(=O)CN1C(=O)COc2ccccc21. The number of para-hydroxylation sites is 2. The number of rotatable bonds is 9. The molecule has 1 heterocycles. The van der Waals surface area contributed by atoms with Gasteiger partial charge in [0.05, 0.1) is 5.69 Å². The predicted molar refractivity (Wildman–Crippen MR) is 88.0 cm³/mol. The molecule has 0 saturated carbocycles. The highest BCUT2D eigenvalue weighted by Gasteiger charge is 2.26. The molecular formula is C17H22N2O5. The lowest BCUT2D eigenvalue weighted by Crippen LogP contribution is -2.45. The second-order valence-corrected chi connectivity index (χ2v) is 5.64. The summed E-state index contributed by atoms with van der Waals surface area (Å²) in [6, 6.07) is 7.13. The Labute approximate surface area is 140 Å². The third kappa shape index (κ3) is 5.26. The number of amides is 2. The van der Waals surface area contributed by atoms with Crippen molar-refractivity contribution in [3.05, 3.63) is 24.3 Å². The van der Waals surface area contributed by atoms with Crippen LogP contribution in [0.15, 0.2) is 24.3 Å². The van der Waals surface area contributed by atoms with Crippen molar-refractivity contribution in [1.29, 1.82) is 0 Å². The van der Waals surface area contributed by atoms with E-state index in [1.54, 1.807) is 18.2 Å². The largest absolute Gasteiger partial charge is 0.482 e. The van der Waals surface area contributed by atoms with Gasteiger partial charge in [-0.25, -0.2) is 0 Å². The van der Waals surface area contributed by atoms with E-state index >= 15 is 0 Å². The summed E-state index contributed by atoms with van der Waals surface area (Å²) >= 11 is 0. The molecule has 1 aliphatic rings. The molecule has 2 N–H and O–H groups in total. The van der Waals surface area contributed by atoms with Gasteiger partial charge in [-0.1, -0.05) is 25.0 Å². The summed E-state index contributed by atoms with van der Waals surface area (Å²) < 4.78 is 5.34. The van der Waals surface area contributed by atoms with Gasteiger partial charge >= 0.3 is 5.97 Å². The Balaban J connectivity index is 1.71. The van der Waals surface area contributed by atoms with E-state index in [0.717, 1.165) is 19.3 Å². The number of nitrogens with zero attached hydrogens (tertiary/aromatic N) is 1. The molecule has 0 saturated heterocycles. The van der Waals surface area contributed by atoms with Crippen LogP contribution in [0.5, 0.6) is 5.75 Å². The summed E-state index contributed by atoms with van der Waals surface area (Å²) in [5, 5.41) is 11.3. The van der Waals surface area contributed by atoms with Crippen LogP contribution in [0.25, 0.3) is 0 Å². The minimum absolute atomic E-state index is 0.0295. The number of fused-ring (bicyclic) bond motifs is 1. The number of ether oxygens (including phenoxy) is 1. The minimum atomic E-state index is -0.779. The third-order valence-corrected chi connectivity index (χ3v) is 3.75. The summed E-state index contributed by atoms with van der Waals surface area (Å²) in [6.07, 6.45) is 3.33. The molecule has 1 aromatic carbocycles. The highest BCUT2D eigenvalue weighted by Crippen LogP contribution is 2.31. The fraction of sp³-hybridized carbons (Fsp3) is 0.471. The van der Waals surface area contributed by atoms with E-state index in [4.69, 9.17) is 9.84 Å². The van der Waals surface area contributed by atoms with Crippen LogP contribution in [0.1, 0.15) is 32.1 Å². The molecule has 1 aromatic rings. The number of carbonyl (C=O) groups excluding carboxylic acids is 2. The maximum Gasteiger partial charge on any atom is 0.303 e. The van der Waals surface area contributed by atoms with Crippen molar-refractivity contribution >= 4 is 23.5 Å². The number of benzene rings is 1. The summed E-state index contributed by atoms with van der Waals surface area (Å²) in [5.74, 6) is -0.634. The molecule has 0 atom stereocenters. The third-order valence-electron chi connectivity index (χ3n) is 3.75. The second-order valence-electron chi connectivity index (χ2n) is 5.64. The van der Waals surface area contributed by atoms with Gasteiger partial charge in [-0.2, -0.15) is 0 Å². The van der Waals surface area contributed by atoms with Crippen LogP contribution in [0.2, 0.25) is 0 Å². The number of hydrogen-bond acceptors (Lipinski definition) is 4. The van der Waals surface area contributed by atoms with Crippen LogP contribution < -0.4 is 15.0 Å². The smallest absolute Gasteiger partial charge is 0.303 e. The molecule has 2 amide bonds. The van der Waals surface area contributed by atoms with Crippen LogP contribution in [-0.4, -0.2) is 42.6 Å². The van der Waals surface area contributed by atoms with Crippen molar-refractivity contribution in [2.24, 2.45) is 0 Å². The van der Waals surface area contributed by atoms with Gasteiger partial charge in [0.1, 0.15) is 12.3 Å². The average Bonchev–Trinajstić information content (AvgIpc) is 2.56. The zero-order chi connectivity index (χ0) is 17.4. The summed E-state index contributed by atoms with van der Waals surface area (Å²) in [4.78, 5) is 35.8. The first-order chi connectivity index (χ1) is 11.6. The number of anilines is 1. The Bertz CT molecular complexity index is 602. The molecule has 0 fully saturated rings. The molecule has 0 aromatic heterocycles. The molecule has 7 nitrogen and oxygen atoms in total. The number of aliphatic carboxylic acids is 1. The summed E-state index contributed by atoms with van der Waals surface area (Å²) in [5.41, 5.74) is 0.609. The maximum absolute atomic E-state index is 12.0. The quantitative estimate of drug-likeness (QED) is 0.668. The number of nitrogens with one attached hydrogen (secondary N) is 1. The van der Waals surface area contributed by atoms with E-state index in [0.29, 0.717) is 24.4 Å². The molecule has 7 heteroatoms. The van der Waals surface area contributed by atoms with E-state index in [-0.39, 0.29) is 31.4 Å². The lowest BCUT2D eigenvalue weighted by atomic mass is 10.1. The normalized spacial score (nSPS) is 13.2. The Morgan fingerprint density at radius 2 is 1.92 bits per heavy atom. The lowest BCUT2D eigenvalue weighted by Gasteiger charge is -2.28. The fourth-order valence-corrected chi connectivity index (χ4v) is 2.51. The van der Waals surface area contributed by atoms with E-state index in [1.165, 1.54) is 4.90 Å². The average molecular weight is 334 g/mol. The number of carboxylic acid groups (broad SMARTS) is 1. The number of hydrogen-bond donors (Lipinski definition) is 2. The number of carboxylic acids is 1. The first-order valence-electron chi connectivity index (χ1n) is 8.08. The van der Waals surface area contributed by atoms with Gasteiger partial charge in [0.15, 0.2) is 6.61 Å². The van der Waals surface area contributed by atoms with Gasteiger partial charge < -0.3 is 15.2 Å². The summed E-state index contributed by atoms with van der Waals surface area (Å²) in [6.45, 7) is 0.429. The van der Waals surface area contributed by atoms with E-state index in [2.05, 4.69) is 5.32 Å². The van der Waals surface area contributed by atoms with Crippen molar-refractivity contribution in [3.8, 4) is 5.75 Å². The van der Waals surface area contributed by atoms with Gasteiger partial charge in [0.2, 0.25) is 5.91 Å². The predicted octanol–water partition coefficient (Wildman–Crippen LogP) is 1.56. The van der Waals surface area contributed by atoms with Crippen LogP contribution in [-0.2, 0) is 14.4 Å². The first kappa shape index (κ1) is 17.8. The molecule has 130 valence electrons. The highest BCUT2D eigenvalue weighted by atomic mass is 16.5. The zero-order valence-electron chi connectivity index (χ0n) is 13.5. The van der Waals surface area contributed by atoms with E-state index < -0.39 is 5.97 Å². The molecule has 2 rings (SSSR count). The zero-order valence-corrected chi connectivity index (χ0v) is 13.5.